The molecular formula is C24H30N6O3. The highest BCUT2D eigenvalue weighted by Crippen LogP contribution is 2.20. The van der Waals surface area contributed by atoms with Gasteiger partial charge in [0.2, 0.25) is 0 Å². The topological polar surface area (TPSA) is 103 Å². The van der Waals surface area contributed by atoms with Crippen LogP contribution in [0.2, 0.25) is 0 Å². The molecule has 1 aliphatic rings. The highest BCUT2D eigenvalue weighted by Gasteiger charge is 2.26. The lowest BCUT2D eigenvalue weighted by molar-refractivity contribution is 0.0961. The van der Waals surface area contributed by atoms with Crippen LogP contribution in [0.25, 0.3) is 11.0 Å². The molecule has 0 aromatic carbocycles. The number of amides is 1. The average molecular weight is 451 g/mol. The van der Waals surface area contributed by atoms with Gasteiger partial charge in [0.25, 0.3) is 17.0 Å². The number of anilines is 1. The number of rotatable bonds is 5. The Hall–Kier alpha value is -3.46. The molecule has 9 heteroatoms. The number of pyridine rings is 3. The first-order chi connectivity index (χ1) is 15.8. The summed E-state index contributed by atoms with van der Waals surface area (Å²) in [5.41, 5.74) is 3.13. The maximum Gasteiger partial charge on any atom is 0.264 e. The van der Waals surface area contributed by atoms with E-state index < -0.39 is 0 Å². The van der Waals surface area contributed by atoms with E-state index in [0.29, 0.717) is 6.42 Å². The van der Waals surface area contributed by atoms with E-state index in [9.17, 15) is 14.4 Å². The number of nitrogens with zero attached hydrogens (tertiary/aromatic N) is 4. The number of aryl methyl sites for hydroxylation is 1. The normalized spacial score (nSPS) is 16.8. The fraction of sp³-hybridized carbons (Fsp3) is 0.417. The van der Waals surface area contributed by atoms with Crippen molar-refractivity contribution >= 4 is 22.8 Å². The van der Waals surface area contributed by atoms with E-state index in [-0.39, 0.29) is 28.6 Å². The van der Waals surface area contributed by atoms with Crippen molar-refractivity contribution in [2.75, 3.05) is 31.6 Å². The van der Waals surface area contributed by atoms with E-state index in [1.807, 2.05) is 31.3 Å². The van der Waals surface area contributed by atoms with E-state index in [1.165, 1.54) is 7.05 Å². The van der Waals surface area contributed by atoms with Crippen molar-refractivity contribution < 1.29 is 4.79 Å². The largest absolute Gasteiger partial charge is 0.355 e. The molecule has 0 spiro atoms. The number of nitrogens with one attached hydrogen (secondary N) is 2. The summed E-state index contributed by atoms with van der Waals surface area (Å²) in [5, 5.41) is 2.51. The third-order valence-electron chi connectivity index (χ3n) is 6.43. The van der Waals surface area contributed by atoms with E-state index in [2.05, 4.69) is 32.0 Å². The molecule has 1 atom stereocenters. The number of hydrogen-bond acceptors (Lipinski definition) is 6. The van der Waals surface area contributed by atoms with Crippen molar-refractivity contribution in [1.29, 1.82) is 0 Å². The molecule has 3 aromatic rings. The van der Waals surface area contributed by atoms with Gasteiger partial charge in [0.05, 0.1) is 11.0 Å². The van der Waals surface area contributed by atoms with Gasteiger partial charge in [-0.2, -0.15) is 0 Å². The van der Waals surface area contributed by atoms with Crippen molar-refractivity contribution in [3.05, 3.63) is 67.9 Å². The molecule has 2 N–H and O–H groups in total. The second-order valence-corrected chi connectivity index (χ2v) is 8.57. The highest BCUT2D eigenvalue weighted by atomic mass is 16.2. The lowest BCUT2D eigenvalue weighted by Crippen LogP contribution is -2.52. The molecular weight excluding hydrogens is 420 g/mol. The number of hydrogen-bond donors (Lipinski definition) is 2. The minimum Gasteiger partial charge on any atom is -0.355 e. The molecule has 33 heavy (non-hydrogen) atoms. The number of aromatic amines is 1. The Morgan fingerprint density at radius 2 is 2.03 bits per heavy atom. The first kappa shape index (κ1) is 22.7. The van der Waals surface area contributed by atoms with Crippen LogP contribution in [-0.2, 0) is 20.0 Å². The van der Waals surface area contributed by atoms with E-state index in [4.69, 9.17) is 0 Å². The van der Waals surface area contributed by atoms with E-state index >= 15 is 0 Å². The van der Waals surface area contributed by atoms with Gasteiger partial charge in [-0.1, -0.05) is 6.92 Å². The number of carbonyl (C=O) groups excluding carboxylic acids is 1. The predicted molar refractivity (Wildman–Crippen MR) is 129 cm³/mol. The maximum atomic E-state index is 12.6. The summed E-state index contributed by atoms with van der Waals surface area (Å²) in [6, 6.07) is 7.54. The number of piperazine rings is 1. The zero-order chi connectivity index (χ0) is 23.7. The molecule has 174 valence electrons. The smallest absolute Gasteiger partial charge is 0.264 e. The quantitative estimate of drug-likeness (QED) is 0.607. The van der Waals surface area contributed by atoms with Gasteiger partial charge < -0.3 is 15.2 Å². The minimum absolute atomic E-state index is 0.0565. The van der Waals surface area contributed by atoms with Crippen molar-refractivity contribution in [2.24, 2.45) is 7.05 Å². The van der Waals surface area contributed by atoms with Crippen molar-refractivity contribution in [2.45, 2.75) is 32.9 Å². The first-order valence-corrected chi connectivity index (χ1v) is 11.2. The second kappa shape index (κ2) is 9.19. The zero-order valence-electron chi connectivity index (χ0n) is 19.5. The summed E-state index contributed by atoms with van der Waals surface area (Å²) in [6.45, 7) is 7.17. The summed E-state index contributed by atoms with van der Waals surface area (Å²) in [5.74, 6) is 0.424. The number of aromatic nitrogens is 3. The second-order valence-electron chi connectivity index (χ2n) is 8.57. The van der Waals surface area contributed by atoms with Crippen LogP contribution in [-0.4, -0.2) is 58.1 Å². The van der Waals surface area contributed by atoms with Crippen LogP contribution in [0.4, 0.5) is 5.82 Å². The predicted octanol–water partition coefficient (Wildman–Crippen LogP) is 1.25. The molecule has 1 aliphatic heterocycles. The summed E-state index contributed by atoms with van der Waals surface area (Å²) in [7, 11) is 3.22. The van der Waals surface area contributed by atoms with Crippen LogP contribution >= 0.6 is 0 Å². The summed E-state index contributed by atoms with van der Waals surface area (Å²) >= 11 is 0. The molecule has 1 saturated heterocycles. The number of fused-ring (bicyclic) bond motifs is 1. The molecule has 0 unspecified atom stereocenters. The summed E-state index contributed by atoms with van der Waals surface area (Å²) < 4.78 is 1.54. The van der Waals surface area contributed by atoms with Gasteiger partial charge in [0.15, 0.2) is 0 Å². The van der Waals surface area contributed by atoms with E-state index in [1.54, 1.807) is 17.7 Å². The minimum atomic E-state index is -0.378. The fourth-order valence-electron chi connectivity index (χ4n) is 4.44. The monoisotopic (exact) mass is 450 g/mol. The van der Waals surface area contributed by atoms with Gasteiger partial charge in [0, 0.05) is 58.1 Å². The average Bonchev–Trinajstić information content (AvgIpc) is 2.81. The maximum absolute atomic E-state index is 12.6. The van der Waals surface area contributed by atoms with Gasteiger partial charge in [-0.25, -0.2) is 0 Å². The molecule has 0 bridgehead atoms. The Kier molecular flexibility index (Phi) is 6.33. The van der Waals surface area contributed by atoms with Gasteiger partial charge in [-0.15, -0.1) is 0 Å². The Morgan fingerprint density at radius 1 is 1.24 bits per heavy atom. The van der Waals surface area contributed by atoms with Crippen LogP contribution in [0.5, 0.6) is 0 Å². The third kappa shape index (κ3) is 4.41. The van der Waals surface area contributed by atoms with Crippen LogP contribution < -0.4 is 21.3 Å². The van der Waals surface area contributed by atoms with Crippen LogP contribution in [0, 0.1) is 0 Å². The first-order valence-electron chi connectivity index (χ1n) is 11.2. The Bertz CT molecular complexity index is 1310. The third-order valence-corrected chi connectivity index (χ3v) is 6.43. The fourth-order valence-corrected chi connectivity index (χ4v) is 4.44. The van der Waals surface area contributed by atoms with Crippen molar-refractivity contribution in [3.8, 4) is 0 Å². The lowest BCUT2D eigenvalue weighted by Gasteiger charge is -2.41. The van der Waals surface area contributed by atoms with Crippen molar-refractivity contribution in [1.82, 2.24) is 24.8 Å². The molecule has 1 amide bonds. The van der Waals surface area contributed by atoms with Crippen LogP contribution in [0.15, 0.2) is 40.1 Å². The summed E-state index contributed by atoms with van der Waals surface area (Å²) in [6.07, 6.45) is 2.55. The number of H-pyrrole nitrogens is 1. The van der Waals surface area contributed by atoms with Crippen LogP contribution in [0.1, 0.15) is 35.3 Å². The molecule has 3 aromatic heterocycles. The molecule has 0 aliphatic carbocycles. The van der Waals surface area contributed by atoms with Gasteiger partial charge in [0.1, 0.15) is 11.4 Å². The van der Waals surface area contributed by atoms with Crippen LogP contribution in [0.3, 0.4) is 0 Å². The Labute approximate surface area is 192 Å². The SMILES string of the molecule is CCc1cc2ncc(CN3CCN(c4ccc(C(=O)NC)c(=O)n4C)C[C@@H]3C)cc2[nH]c1=O. The van der Waals surface area contributed by atoms with Gasteiger partial charge >= 0.3 is 0 Å². The molecule has 4 heterocycles. The molecule has 0 radical (unpaired) electrons. The highest BCUT2D eigenvalue weighted by molar-refractivity contribution is 5.93. The van der Waals surface area contributed by atoms with Crippen molar-refractivity contribution in [3.63, 3.8) is 0 Å². The molecule has 1 fully saturated rings. The Morgan fingerprint density at radius 3 is 2.73 bits per heavy atom. The molecule has 9 nitrogen and oxygen atoms in total. The molecule has 0 saturated carbocycles. The van der Waals surface area contributed by atoms with Gasteiger partial charge in [-0.05, 0) is 43.2 Å². The standard InChI is InChI=1S/C24H30N6O3/c1-5-17-11-19-20(27-22(17)31)10-16(12-26-19)14-29-8-9-30(13-15(29)2)21-7-6-18(23(32)25-3)24(33)28(21)4/h6-7,10-12,15H,5,8-9,13-14H2,1-4H3,(H,25,32)(H,27,31)/t15-/m0/s1. The van der Waals surface area contributed by atoms with E-state index in [0.717, 1.165) is 54.2 Å². The summed E-state index contributed by atoms with van der Waals surface area (Å²) in [4.78, 5) is 48.8. The lowest BCUT2D eigenvalue weighted by atomic mass is 10.1. The molecule has 4 rings (SSSR count). The Balaban J connectivity index is 1.49. The zero-order valence-corrected chi connectivity index (χ0v) is 19.5. The van der Waals surface area contributed by atoms with Gasteiger partial charge in [-0.3, -0.25) is 28.8 Å². The number of carbonyl (C=O) groups is 1.